The third kappa shape index (κ3) is 1.60. The number of ketones is 1. The van der Waals surface area contributed by atoms with Gasteiger partial charge in [-0.15, -0.1) is 0 Å². The predicted octanol–water partition coefficient (Wildman–Crippen LogP) is 1.33. The molecule has 1 aromatic heterocycles. The Balaban J connectivity index is 2.27. The first-order chi connectivity index (χ1) is 8.27. The van der Waals surface area contributed by atoms with Crippen LogP contribution in [0, 0.1) is 0 Å². The molecule has 0 spiro atoms. The Bertz CT molecular complexity index is 586. The normalized spacial score (nSPS) is 14.4. The molecule has 0 radical (unpaired) electrons. The van der Waals surface area contributed by atoms with Gasteiger partial charge in [-0.1, -0.05) is 12.1 Å². The summed E-state index contributed by atoms with van der Waals surface area (Å²) in [5.74, 6) is 1.24. The smallest absolute Gasteiger partial charge is 0.296 e. The van der Waals surface area contributed by atoms with E-state index in [0.717, 1.165) is 31.0 Å². The van der Waals surface area contributed by atoms with Gasteiger partial charge in [-0.05, 0) is 19.1 Å². The number of anilines is 1. The van der Waals surface area contributed by atoms with Crippen LogP contribution >= 0.6 is 0 Å². The van der Waals surface area contributed by atoms with Crippen LogP contribution in [0.1, 0.15) is 13.3 Å². The lowest BCUT2D eigenvalue weighted by molar-refractivity contribution is -0.661. The molecule has 0 fully saturated rings. The van der Waals surface area contributed by atoms with Gasteiger partial charge in [0.2, 0.25) is 0 Å². The molecule has 0 saturated heterocycles. The van der Waals surface area contributed by atoms with E-state index in [0.29, 0.717) is 6.54 Å². The lowest BCUT2D eigenvalue weighted by Crippen LogP contribution is -2.42. The van der Waals surface area contributed by atoms with Crippen molar-refractivity contribution in [2.75, 3.05) is 11.9 Å². The lowest BCUT2D eigenvalue weighted by atomic mass is 10.3. The summed E-state index contributed by atoms with van der Waals surface area (Å²) < 4.78 is 4.35. The van der Waals surface area contributed by atoms with Gasteiger partial charge in [-0.3, -0.25) is 10.1 Å². The number of hydrogen-bond donors (Lipinski definition) is 1. The average molecular weight is 230 g/mol. The SMILES string of the molecule is CC(=O)Cn1c2[n+](c3ccccc31)CCCN2. The number of para-hydroxylation sites is 2. The summed E-state index contributed by atoms with van der Waals surface area (Å²) >= 11 is 0. The minimum Gasteiger partial charge on any atom is -0.296 e. The summed E-state index contributed by atoms with van der Waals surface area (Å²) in [5, 5.41) is 3.40. The summed E-state index contributed by atoms with van der Waals surface area (Å²) in [5.41, 5.74) is 2.34. The van der Waals surface area contributed by atoms with Crippen LogP contribution in [0.2, 0.25) is 0 Å². The van der Waals surface area contributed by atoms with Crippen molar-refractivity contribution in [3.8, 4) is 0 Å². The Morgan fingerprint density at radius 1 is 1.47 bits per heavy atom. The van der Waals surface area contributed by atoms with Crippen molar-refractivity contribution in [3.05, 3.63) is 24.3 Å². The standard InChI is InChI=1S/C13H15N3O/c1-10(17)9-16-12-6-3-2-5-11(12)15-8-4-7-14-13(15)16/h2-3,5-6H,4,7-9H2,1H3/p+1. The number of benzene rings is 1. The molecule has 1 aromatic carbocycles. The summed E-state index contributed by atoms with van der Waals surface area (Å²) in [6.45, 7) is 4.08. The molecule has 0 unspecified atom stereocenters. The number of hydrogen-bond acceptors (Lipinski definition) is 2. The van der Waals surface area contributed by atoms with Crippen molar-refractivity contribution in [3.63, 3.8) is 0 Å². The topological polar surface area (TPSA) is 37.9 Å². The molecule has 2 heterocycles. The molecule has 0 bridgehead atoms. The fourth-order valence-electron chi connectivity index (χ4n) is 2.53. The quantitative estimate of drug-likeness (QED) is 0.790. The fraction of sp³-hybridized carbons (Fsp3) is 0.385. The largest absolute Gasteiger partial charge is 0.358 e. The molecule has 4 heteroatoms. The molecule has 88 valence electrons. The van der Waals surface area contributed by atoms with Crippen LogP contribution in [0.4, 0.5) is 5.95 Å². The molecular weight excluding hydrogens is 214 g/mol. The monoisotopic (exact) mass is 230 g/mol. The lowest BCUT2D eigenvalue weighted by Gasteiger charge is -2.11. The Morgan fingerprint density at radius 2 is 2.29 bits per heavy atom. The van der Waals surface area contributed by atoms with Gasteiger partial charge in [-0.2, -0.15) is 0 Å². The summed E-state index contributed by atoms with van der Waals surface area (Å²) in [6.07, 6.45) is 1.13. The number of nitrogens with one attached hydrogen (secondary N) is 1. The summed E-state index contributed by atoms with van der Waals surface area (Å²) in [4.78, 5) is 11.4. The van der Waals surface area contributed by atoms with E-state index in [2.05, 4.69) is 26.6 Å². The van der Waals surface area contributed by atoms with Crippen LogP contribution in [-0.4, -0.2) is 16.9 Å². The molecule has 1 N–H and O–H groups in total. The van der Waals surface area contributed by atoms with Gasteiger partial charge < -0.3 is 0 Å². The zero-order valence-corrected chi connectivity index (χ0v) is 9.94. The van der Waals surface area contributed by atoms with Gasteiger partial charge in [0.15, 0.2) is 5.78 Å². The minimum absolute atomic E-state index is 0.182. The van der Waals surface area contributed by atoms with E-state index in [1.54, 1.807) is 6.92 Å². The van der Waals surface area contributed by atoms with E-state index in [9.17, 15) is 4.79 Å². The maximum atomic E-state index is 11.4. The highest BCUT2D eigenvalue weighted by atomic mass is 16.1. The molecule has 2 aromatic rings. The van der Waals surface area contributed by atoms with Gasteiger partial charge in [0, 0.05) is 6.42 Å². The van der Waals surface area contributed by atoms with E-state index in [-0.39, 0.29) is 5.78 Å². The maximum absolute atomic E-state index is 11.4. The highest BCUT2D eigenvalue weighted by Crippen LogP contribution is 2.19. The maximum Gasteiger partial charge on any atom is 0.358 e. The first kappa shape index (κ1) is 10.3. The van der Waals surface area contributed by atoms with Crippen LogP contribution in [0.25, 0.3) is 11.0 Å². The number of aryl methyl sites for hydroxylation is 1. The summed E-state index contributed by atoms with van der Waals surface area (Å²) in [6, 6.07) is 8.25. The van der Waals surface area contributed by atoms with Crippen LogP contribution in [-0.2, 0) is 17.9 Å². The Morgan fingerprint density at radius 3 is 3.12 bits per heavy atom. The number of rotatable bonds is 2. The molecule has 0 amide bonds. The first-order valence-corrected chi connectivity index (χ1v) is 6.02. The highest BCUT2D eigenvalue weighted by Gasteiger charge is 2.26. The second-order valence-corrected chi connectivity index (χ2v) is 4.53. The number of fused-ring (bicyclic) bond motifs is 3. The van der Waals surface area contributed by atoms with Crippen LogP contribution in [0.3, 0.4) is 0 Å². The summed E-state index contributed by atoms with van der Waals surface area (Å²) in [7, 11) is 0. The van der Waals surface area contributed by atoms with Crippen LogP contribution in [0.5, 0.6) is 0 Å². The Kier molecular flexibility index (Phi) is 2.35. The van der Waals surface area contributed by atoms with Crippen molar-refractivity contribution in [1.82, 2.24) is 4.57 Å². The second kappa shape index (κ2) is 3.87. The average Bonchev–Trinajstić information content (AvgIpc) is 2.65. The molecule has 3 rings (SSSR count). The Labute approximate surface area is 99.9 Å². The molecule has 17 heavy (non-hydrogen) atoms. The Hall–Kier alpha value is -1.84. The number of aromatic nitrogens is 2. The molecular formula is C13H16N3O+. The predicted molar refractivity (Wildman–Crippen MR) is 65.9 cm³/mol. The van der Waals surface area contributed by atoms with E-state index >= 15 is 0 Å². The molecule has 0 aliphatic carbocycles. The molecule has 1 aliphatic rings. The van der Waals surface area contributed by atoms with Gasteiger partial charge in [-0.25, -0.2) is 9.13 Å². The molecule has 0 saturated carbocycles. The van der Waals surface area contributed by atoms with Crippen LogP contribution in [0.15, 0.2) is 24.3 Å². The number of carbonyl (C=O) groups is 1. The molecule has 0 atom stereocenters. The second-order valence-electron chi connectivity index (χ2n) is 4.53. The minimum atomic E-state index is 0.182. The van der Waals surface area contributed by atoms with Gasteiger partial charge >= 0.3 is 5.95 Å². The van der Waals surface area contributed by atoms with Gasteiger partial charge in [0.05, 0.1) is 13.1 Å². The van der Waals surface area contributed by atoms with Crippen LogP contribution < -0.4 is 9.88 Å². The fourth-order valence-corrected chi connectivity index (χ4v) is 2.53. The van der Waals surface area contributed by atoms with Gasteiger partial charge in [0.1, 0.15) is 17.6 Å². The van der Waals surface area contributed by atoms with Crippen molar-refractivity contribution < 1.29 is 9.36 Å². The van der Waals surface area contributed by atoms with Crippen molar-refractivity contribution >= 4 is 22.8 Å². The molecule has 1 aliphatic heterocycles. The highest BCUT2D eigenvalue weighted by molar-refractivity contribution is 5.80. The van der Waals surface area contributed by atoms with E-state index in [4.69, 9.17) is 0 Å². The van der Waals surface area contributed by atoms with E-state index < -0.39 is 0 Å². The van der Waals surface area contributed by atoms with Gasteiger partial charge in [0.25, 0.3) is 0 Å². The third-order valence-electron chi connectivity index (χ3n) is 3.20. The third-order valence-corrected chi connectivity index (χ3v) is 3.20. The number of carbonyl (C=O) groups excluding carboxylic acids is 1. The molecule has 4 nitrogen and oxygen atoms in total. The number of Topliss-reactive ketones (excluding diaryl/α,β-unsaturated/α-hetero) is 1. The van der Waals surface area contributed by atoms with Crippen molar-refractivity contribution in [2.45, 2.75) is 26.4 Å². The van der Waals surface area contributed by atoms with Crippen molar-refractivity contribution in [1.29, 1.82) is 0 Å². The zero-order chi connectivity index (χ0) is 11.8. The number of nitrogens with zero attached hydrogens (tertiary/aromatic N) is 2. The first-order valence-electron chi connectivity index (χ1n) is 6.02. The van der Waals surface area contributed by atoms with Crippen molar-refractivity contribution in [2.24, 2.45) is 0 Å². The zero-order valence-electron chi connectivity index (χ0n) is 9.94. The van der Waals surface area contributed by atoms with E-state index in [1.165, 1.54) is 5.52 Å². The number of imidazole rings is 1. The van der Waals surface area contributed by atoms with E-state index in [1.807, 2.05) is 12.1 Å².